The third-order valence-corrected chi connectivity index (χ3v) is 6.05. The van der Waals surface area contributed by atoms with Crippen LogP contribution in [0.15, 0.2) is 78.9 Å². The lowest BCUT2D eigenvalue weighted by molar-refractivity contribution is -0.139. The fourth-order valence-electron chi connectivity index (χ4n) is 4.20. The first-order valence-corrected chi connectivity index (χ1v) is 10.7. The van der Waals surface area contributed by atoms with Crippen LogP contribution in [-0.2, 0) is 15.1 Å². The summed E-state index contributed by atoms with van der Waals surface area (Å²) in [7, 11) is 1.59. The van der Waals surface area contributed by atoms with E-state index in [1.165, 1.54) is 11.8 Å². The quantitative estimate of drug-likeness (QED) is 0.563. The molecule has 174 valence electrons. The van der Waals surface area contributed by atoms with Crippen molar-refractivity contribution < 1.29 is 23.2 Å². The van der Waals surface area contributed by atoms with E-state index in [1.54, 1.807) is 7.05 Å². The van der Waals surface area contributed by atoms with Gasteiger partial charge < -0.3 is 10.2 Å². The minimum Gasteiger partial charge on any atom is -0.333 e. The number of urea groups is 1. The molecule has 0 aromatic heterocycles. The van der Waals surface area contributed by atoms with Gasteiger partial charge in [-0.1, -0.05) is 60.7 Å². The standard InChI is InChI=1S/C26H23F2N3O3/c1-26(20-15-19(27)13-14-21(20)28)24(33)31(25(34)29-26)16-22(32)30(2)23(17-9-5-3-6-10-17)18-11-7-4-8-12-18/h3-15,23H,16H2,1-2H3,(H,29,34)/t26-/m0/s1. The number of halogens is 2. The lowest BCUT2D eigenvalue weighted by atomic mass is 9.91. The maximum Gasteiger partial charge on any atom is 0.325 e. The summed E-state index contributed by atoms with van der Waals surface area (Å²) >= 11 is 0. The largest absolute Gasteiger partial charge is 0.333 e. The van der Waals surface area contributed by atoms with Gasteiger partial charge in [-0.15, -0.1) is 0 Å². The summed E-state index contributed by atoms with van der Waals surface area (Å²) in [5.74, 6) is -2.91. The van der Waals surface area contributed by atoms with Crippen molar-refractivity contribution in [3.63, 3.8) is 0 Å². The molecule has 0 saturated carbocycles. The average molecular weight is 463 g/mol. The van der Waals surface area contributed by atoms with Crippen LogP contribution in [0.25, 0.3) is 0 Å². The molecule has 6 nitrogen and oxygen atoms in total. The van der Waals surface area contributed by atoms with E-state index in [-0.39, 0.29) is 5.56 Å². The summed E-state index contributed by atoms with van der Waals surface area (Å²) in [5, 5.41) is 2.41. The summed E-state index contributed by atoms with van der Waals surface area (Å²) in [6, 6.07) is 20.1. The minimum atomic E-state index is -1.83. The average Bonchev–Trinajstić information content (AvgIpc) is 3.05. The Hall–Kier alpha value is -4.07. The smallest absolute Gasteiger partial charge is 0.325 e. The number of amides is 4. The number of nitrogens with one attached hydrogen (secondary N) is 1. The number of carbonyl (C=O) groups excluding carboxylic acids is 3. The normalized spacial score (nSPS) is 17.7. The van der Waals surface area contributed by atoms with E-state index in [1.807, 2.05) is 60.7 Å². The van der Waals surface area contributed by atoms with E-state index in [0.29, 0.717) is 0 Å². The summed E-state index contributed by atoms with van der Waals surface area (Å²) in [4.78, 5) is 41.3. The third-order valence-electron chi connectivity index (χ3n) is 6.05. The van der Waals surface area contributed by atoms with Crippen LogP contribution in [0.2, 0.25) is 0 Å². The number of hydrogen-bond donors (Lipinski definition) is 1. The molecule has 1 fully saturated rings. The number of carbonyl (C=O) groups is 3. The molecule has 1 aliphatic rings. The highest BCUT2D eigenvalue weighted by Crippen LogP contribution is 2.32. The lowest BCUT2D eigenvalue weighted by Gasteiger charge is -2.30. The Kier molecular flexibility index (Phi) is 6.15. The zero-order valence-electron chi connectivity index (χ0n) is 18.7. The van der Waals surface area contributed by atoms with Crippen LogP contribution in [0.4, 0.5) is 13.6 Å². The predicted octanol–water partition coefficient (Wildman–Crippen LogP) is 3.98. The van der Waals surface area contributed by atoms with Crippen molar-refractivity contribution >= 4 is 17.8 Å². The molecule has 34 heavy (non-hydrogen) atoms. The number of rotatable bonds is 6. The van der Waals surface area contributed by atoms with E-state index >= 15 is 0 Å². The molecule has 3 aromatic rings. The van der Waals surface area contributed by atoms with Crippen molar-refractivity contribution in [2.45, 2.75) is 18.5 Å². The number of hydrogen-bond acceptors (Lipinski definition) is 3. The molecule has 8 heteroatoms. The first kappa shape index (κ1) is 23.1. The van der Waals surface area contributed by atoms with Crippen LogP contribution >= 0.6 is 0 Å². The number of imide groups is 1. The highest BCUT2D eigenvalue weighted by molar-refractivity contribution is 6.09. The van der Waals surface area contributed by atoms with Gasteiger partial charge in [0.05, 0.1) is 6.04 Å². The van der Waals surface area contributed by atoms with Crippen molar-refractivity contribution in [2.75, 3.05) is 13.6 Å². The number of likely N-dealkylation sites (N-methyl/N-ethyl adjacent to an activating group) is 1. The molecule has 4 rings (SSSR count). The Morgan fingerprint density at radius 3 is 2.09 bits per heavy atom. The first-order chi connectivity index (χ1) is 16.2. The topological polar surface area (TPSA) is 69.7 Å². The molecule has 0 unspecified atom stereocenters. The highest BCUT2D eigenvalue weighted by Gasteiger charge is 2.51. The van der Waals surface area contributed by atoms with Crippen LogP contribution in [0.5, 0.6) is 0 Å². The molecule has 1 atom stereocenters. The van der Waals surface area contributed by atoms with Gasteiger partial charge in [-0.05, 0) is 36.2 Å². The fraction of sp³-hybridized carbons (Fsp3) is 0.192. The maximum absolute atomic E-state index is 14.4. The zero-order chi connectivity index (χ0) is 24.5. The number of nitrogens with zero attached hydrogens (tertiary/aromatic N) is 2. The van der Waals surface area contributed by atoms with Gasteiger partial charge in [-0.3, -0.25) is 14.5 Å². The molecule has 3 aromatic carbocycles. The van der Waals surface area contributed by atoms with Crippen LogP contribution < -0.4 is 5.32 Å². The van der Waals surface area contributed by atoms with E-state index in [9.17, 15) is 23.2 Å². The lowest BCUT2D eigenvalue weighted by Crippen LogP contribution is -2.44. The molecule has 1 heterocycles. The molecule has 4 amide bonds. The van der Waals surface area contributed by atoms with E-state index < -0.39 is 47.6 Å². The first-order valence-electron chi connectivity index (χ1n) is 10.7. The van der Waals surface area contributed by atoms with Gasteiger partial charge in [0.1, 0.15) is 23.7 Å². The van der Waals surface area contributed by atoms with Gasteiger partial charge in [-0.2, -0.15) is 0 Å². The molecule has 1 saturated heterocycles. The fourth-order valence-corrected chi connectivity index (χ4v) is 4.20. The monoisotopic (exact) mass is 463 g/mol. The molecular weight excluding hydrogens is 440 g/mol. The Bertz CT molecular complexity index is 1200. The Morgan fingerprint density at radius 2 is 1.53 bits per heavy atom. The molecule has 0 aliphatic carbocycles. The second-order valence-corrected chi connectivity index (χ2v) is 8.30. The van der Waals surface area contributed by atoms with Crippen LogP contribution in [0.3, 0.4) is 0 Å². The second-order valence-electron chi connectivity index (χ2n) is 8.30. The van der Waals surface area contributed by atoms with Gasteiger partial charge in [-0.25, -0.2) is 13.6 Å². The minimum absolute atomic E-state index is 0.305. The van der Waals surface area contributed by atoms with Crippen LogP contribution in [0.1, 0.15) is 29.7 Å². The Labute approximate surface area is 195 Å². The van der Waals surface area contributed by atoms with E-state index in [0.717, 1.165) is 34.2 Å². The molecule has 0 bridgehead atoms. The van der Waals surface area contributed by atoms with Crippen molar-refractivity contribution in [3.8, 4) is 0 Å². The second kappa shape index (κ2) is 9.05. The Balaban J connectivity index is 1.60. The molecule has 1 N–H and O–H groups in total. The molecule has 1 aliphatic heterocycles. The zero-order valence-corrected chi connectivity index (χ0v) is 18.7. The van der Waals surface area contributed by atoms with Crippen LogP contribution in [0, 0.1) is 11.6 Å². The van der Waals surface area contributed by atoms with Crippen molar-refractivity contribution in [2.24, 2.45) is 0 Å². The van der Waals surface area contributed by atoms with E-state index in [4.69, 9.17) is 0 Å². The molecule has 0 spiro atoms. The van der Waals surface area contributed by atoms with Gasteiger partial charge in [0, 0.05) is 12.6 Å². The van der Waals surface area contributed by atoms with Crippen molar-refractivity contribution in [3.05, 3.63) is 107 Å². The summed E-state index contributed by atoms with van der Waals surface area (Å²) in [6.07, 6.45) is 0. The maximum atomic E-state index is 14.4. The van der Waals surface area contributed by atoms with Crippen LogP contribution in [-0.4, -0.2) is 41.2 Å². The summed E-state index contributed by atoms with van der Waals surface area (Å²) in [5.41, 5.74) is -0.428. The predicted molar refractivity (Wildman–Crippen MR) is 121 cm³/mol. The third kappa shape index (κ3) is 4.14. The number of benzene rings is 3. The highest BCUT2D eigenvalue weighted by atomic mass is 19.1. The molecular formula is C26H23F2N3O3. The van der Waals surface area contributed by atoms with Gasteiger partial charge in [0.15, 0.2) is 0 Å². The van der Waals surface area contributed by atoms with Gasteiger partial charge >= 0.3 is 6.03 Å². The summed E-state index contributed by atoms with van der Waals surface area (Å²) < 4.78 is 28.2. The molecule has 0 radical (unpaired) electrons. The van der Waals surface area contributed by atoms with Gasteiger partial charge in [0.25, 0.3) is 5.91 Å². The SMILES string of the molecule is CN(C(=O)CN1C(=O)N[C@@](C)(c2cc(F)ccc2F)C1=O)C(c1ccccc1)c1ccccc1. The Morgan fingerprint density at radius 1 is 0.971 bits per heavy atom. The van der Waals surface area contributed by atoms with Crippen molar-refractivity contribution in [1.82, 2.24) is 15.1 Å². The van der Waals surface area contributed by atoms with Crippen molar-refractivity contribution in [1.29, 1.82) is 0 Å². The summed E-state index contributed by atoms with van der Waals surface area (Å²) in [6.45, 7) is 0.736. The van der Waals surface area contributed by atoms with E-state index in [2.05, 4.69) is 5.32 Å². The van der Waals surface area contributed by atoms with Gasteiger partial charge in [0.2, 0.25) is 5.91 Å².